The third-order valence-corrected chi connectivity index (χ3v) is 2.43. The van der Waals surface area contributed by atoms with Gasteiger partial charge in [-0.2, -0.15) is 0 Å². The second-order valence-electron chi connectivity index (χ2n) is 3.67. The maximum Gasteiger partial charge on any atom is 0.325 e. The predicted octanol–water partition coefficient (Wildman–Crippen LogP) is 2.72. The van der Waals surface area contributed by atoms with Gasteiger partial charge in [0.1, 0.15) is 6.04 Å². The van der Waals surface area contributed by atoms with Crippen molar-refractivity contribution in [2.75, 3.05) is 5.31 Å². The fourth-order valence-electron chi connectivity index (χ4n) is 1.54. The lowest BCUT2D eigenvalue weighted by Crippen LogP contribution is -2.25. The third-order valence-electron chi connectivity index (χ3n) is 2.43. The summed E-state index contributed by atoms with van der Waals surface area (Å²) < 4.78 is 7.78. The highest BCUT2D eigenvalue weighted by Gasteiger charge is 2.09. The highest BCUT2D eigenvalue weighted by Crippen LogP contribution is 2.19. The normalized spacial score (nSPS) is 13.2. The lowest BCUT2D eigenvalue weighted by atomic mass is 10.1. The number of benzene rings is 2. The molecule has 1 atom stereocenters. The van der Waals surface area contributed by atoms with Gasteiger partial charge in [0.2, 0.25) is 0 Å². The summed E-state index contributed by atoms with van der Waals surface area (Å²) in [5.41, 5.74) is 0.582. The number of aliphatic carboxylic acids is 1. The summed E-state index contributed by atoms with van der Waals surface area (Å²) in [6.45, 7) is 1.49. The molecule has 0 heterocycles. The van der Waals surface area contributed by atoms with Crippen LogP contribution in [-0.4, -0.2) is 17.1 Å². The van der Waals surface area contributed by atoms with E-state index in [9.17, 15) is 4.79 Å². The van der Waals surface area contributed by atoms with Gasteiger partial charge in [-0.05, 0) is 29.8 Å². The van der Waals surface area contributed by atoms with E-state index in [4.69, 9.17) is 6.52 Å². The van der Waals surface area contributed by atoms with Crippen molar-refractivity contribution < 1.29 is 11.3 Å². The van der Waals surface area contributed by atoms with Crippen LogP contribution in [0.4, 0.5) is 5.69 Å². The topological polar surface area (TPSA) is 49.3 Å². The fraction of sp³-hybridized carbons (Fsp3) is 0.154. The maximum absolute atomic E-state index is 10.8. The molecule has 0 saturated carbocycles. The number of anilines is 1. The lowest BCUT2D eigenvalue weighted by Gasteiger charge is -2.11. The molecule has 0 fully saturated rings. The quantitative estimate of drug-likeness (QED) is 0.829. The van der Waals surface area contributed by atoms with Crippen molar-refractivity contribution in [3.63, 3.8) is 0 Å². The van der Waals surface area contributed by atoms with Crippen LogP contribution in [0.1, 0.15) is 6.92 Å². The molecule has 3 nitrogen and oxygen atoms in total. The fourth-order valence-corrected chi connectivity index (χ4v) is 1.54. The van der Waals surface area contributed by atoms with Crippen molar-refractivity contribution in [2.24, 2.45) is 0 Å². The first-order valence-electron chi connectivity index (χ1n) is 5.54. The molecule has 0 aromatic heterocycles. The lowest BCUT2D eigenvalue weighted by molar-refractivity contribution is -0.137. The molecule has 2 aromatic carbocycles. The monoisotopic (exact) mass is 216 g/mol. The highest BCUT2D eigenvalue weighted by molar-refractivity contribution is 5.86. The maximum atomic E-state index is 10.8. The molecule has 0 aliphatic rings. The Hall–Kier alpha value is -2.03. The van der Waals surface area contributed by atoms with Crippen LogP contribution in [0.3, 0.4) is 0 Å². The number of fused-ring (bicyclic) bond motifs is 1. The number of hydrogen-bond acceptors (Lipinski definition) is 2. The van der Waals surface area contributed by atoms with Gasteiger partial charge in [-0.25, -0.2) is 0 Å². The van der Waals surface area contributed by atoms with Crippen LogP contribution < -0.4 is 5.31 Å². The van der Waals surface area contributed by atoms with Crippen LogP contribution in [0.15, 0.2) is 42.5 Å². The van der Waals surface area contributed by atoms with E-state index >= 15 is 0 Å². The second-order valence-corrected chi connectivity index (χ2v) is 3.67. The van der Waals surface area contributed by atoms with Gasteiger partial charge in [-0.3, -0.25) is 4.79 Å². The minimum absolute atomic E-state index is 0.582. The summed E-state index contributed by atoms with van der Waals surface area (Å²) in [6.07, 6.45) is 0. The molecule has 2 aromatic rings. The first kappa shape index (κ1) is 9.21. The molecule has 2 N–H and O–H groups in total. The van der Waals surface area contributed by atoms with Gasteiger partial charge >= 0.3 is 5.97 Å². The van der Waals surface area contributed by atoms with E-state index in [0.717, 1.165) is 16.1 Å². The van der Waals surface area contributed by atoms with Crippen molar-refractivity contribution in [2.45, 2.75) is 13.0 Å². The first-order valence-corrected chi connectivity index (χ1v) is 5.09. The molecule has 0 saturated heterocycles. The summed E-state index contributed by atoms with van der Waals surface area (Å²) in [5, 5.41) is 12.0. The van der Waals surface area contributed by atoms with Crippen molar-refractivity contribution in [3.8, 4) is 0 Å². The summed E-state index contributed by atoms with van der Waals surface area (Å²) in [6, 6.07) is 12.4. The van der Waals surface area contributed by atoms with Crippen LogP contribution in [-0.2, 0) is 4.79 Å². The van der Waals surface area contributed by atoms with E-state index in [1.54, 1.807) is 6.07 Å². The largest absolute Gasteiger partial charge is 0.480 e. The molecule has 0 bridgehead atoms. The Morgan fingerprint density at radius 3 is 2.69 bits per heavy atom. The van der Waals surface area contributed by atoms with E-state index in [1.807, 2.05) is 36.4 Å². The molecule has 0 amide bonds. The summed E-state index contributed by atoms with van der Waals surface area (Å²) >= 11 is 0. The summed E-state index contributed by atoms with van der Waals surface area (Å²) in [4.78, 5) is 10.8. The van der Waals surface area contributed by atoms with Gasteiger partial charge in [-0.1, -0.05) is 30.3 Å². The second kappa shape index (κ2) is 4.23. The first-order chi connectivity index (χ1) is 8.09. The molecule has 82 valence electrons. The molecular formula is C13H13NO2. The average molecular weight is 216 g/mol. The molecule has 0 spiro atoms. The van der Waals surface area contributed by atoms with Crippen LogP contribution in [0.2, 0.25) is 1.41 Å². The minimum atomic E-state index is -1.01. The number of hydrogen-bond donors (Lipinski definition) is 2. The van der Waals surface area contributed by atoms with Crippen molar-refractivity contribution >= 4 is 22.4 Å². The molecular weight excluding hydrogens is 202 g/mol. The van der Waals surface area contributed by atoms with Crippen LogP contribution >= 0.6 is 0 Å². The Balaban J connectivity index is 2.39. The standard InChI is InChI=1S/C13H13NO2/c1-9(13(15)16)14-12-7-6-10-4-2-3-5-11(10)8-12/h2-9,14H,1H3,(H,15,16)/t9-/m0/s1/i/hD. The number of rotatable bonds is 3. The Morgan fingerprint density at radius 2 is 2.00 bits per heavy atom. The van der Waals surface area contributed by atoms with Gasteiger partial charge in [0.25, 0.3) is 0 Å². The van der Waals surface area contributed by atoms with Crippen LogP contribution in [0.25, 0.3) is 10.8 Å². The van der Waals surface area contributed by atoms with Crippen molar-refractivity contribution in [1.82, 2.24) is 0 Å². The summed E-state index contributed by atoms with van der Waals surface area (Å²) in [7, 11) is 0. The van der Waals surface area contributed by atoms with E-state index in [2.05, 4.69) is 0 Å². The molecule has 16 heavy (non-hydrogen) atoms. The molecule has 0 aliphatic carbocycles. The average Bonchev–Trinajstić information content (AvgIpc) is 2.36. The molecule has 0 aliphatic heterocycles. The zero-order valence-electron chi connectivity index (χ0n) is 9.92. The Labute approximate surface area is 95.2 Å². The highest BCUT2D eigenvalue weighted by atomic mass is 16.4. The third kappa shape index (κ3) is 2.14. The van der Waals surface area contributed by atoms with E-state index in [1.165, 1.54) is 6.92 Å². The number of carbonyl (C=O) groups is 1. The van der Waals surface area contributed by atoms with E-state index in [0.29, 0.717) is 5.69 Å². The summed E-state index contributed by atoms with van der Waals surface area (Å²) in [5.74, 6) is -1.01. The van der Waals surface area contributed by atoms with E-state index < -0.39 is 12.0 Å². The Bertz CT molecular complexity index is 556. The van der Waals surface area contributed by atoms with Crippen LogP contribution in [0, 0.1) is 0 Å². The molecule has 3 heteroatoms. The predicted molar refractivity (Wildman–Crippen MR) is 64.7 cm³/mol. The van der Waals surface area contributed by atoms with Crippen molar-refractivity contribution in [3.05, 3.63) is 42.5 Å². The van der Waals surface area contributed by atoms with Gasteiger partial charge < -0.3 is 10.4 Å². The Morgan fingerprint density at radius 1 is 1.31 bits per heavy atom. The minimum Gasteiger partial charge on any atom is -0.480 e. The Kier molecular flexibility index (Phi) is 2.43. The van der Waals surface area contributed by atoms with Crippen molar-refractivity contribution in [1.29, 1.82) is 0 Å². The molecule has 2 rings (SSSR count). The van der Waals surface area contributed by atoms with Gasteiger partial charge in [0.15, 0.2) is 1.41 Å². The zero-order valence-corrected chi connectivity index (χ0v) is 8.92. The number of carboxylic acids is 1. The number of carboxylic acid groups (broad SMARTS) is 1. The molecule has 0 unspecified atom stereocenters. The van der Waals surface area contributed by atoms with E-state index in [-0.39, 0.29) is 0 Å². The van der Waals surface area contributed by atoms with Gasteiger partial charge in [0.05, 0.1) is 0 Å². The van der Waals surface area contributed by atoms with Crippen LogP contribution in [0.5, 0.6) is 0 Å². The van der Waals surface area contributed by atoms with Gasteiger partial charge in [-0.15, -0.1) is 0 Å². The SMILES string of the molecule is [2H]N(c1ccc2ccccc2c1)[C@@H](C)C(=O)O. The smallest absolute Gasteiger partial charge is 0.325 e. The molecule has 0 radical (unpaired) electrons. The zero-order chi connectivity index (χ0) is 12.4. The van der Waals surface area contributed by atoms with Gasteiger partial charge in [0, 0.05) is 5.69 Å². The number of nitrogens with one attached hydrogen (secondary N) is 1.